The van der Waals surface area contributed by atoms with Crippen LogP contribution in [0.25, 0.3) is 11.2 Å². The zero-order valence-electron chi connectivity index (χ0n) is 22.3. The standard InChI is InChI=1S/C28H30F4N6O/c1-6-17(3)24(21(29)7-2)36-11-13-37(14-12-36)25-19(5)23-26(35-18(4)15-34-23)38(27(25)39)16-22-20(28(30,31)32)9-8-10-33-22/h6-10,15H,2,11-14,16H2,1,3-5H3/b17-6-,24-21-. The summed E-state index contributed by atoms with van der Waals surface area (Å²) in [4.78, 5) is 30.6. The number of aryl methyl sites for hydroxylation is 2. The van der Waals surface area contributed by atoms with Crippen molar-refractivity contribution in [3.63, 3.8) is 0 Å². The number of fused-ring (bicyclic) bond motifs is 1. The van der Waals surface area contributed by atoms with Crippen molar-refractivity contribution in [2.75, 3.05) is 31.1 Å². The van der Waals surface area contributed by atoms with Gasteiger partial charge in [-0.3, -0.25) is 19.3 Å². The number of allylic oxidation sites excluding steroid dienone is 4. The van der Waals surface area contributed by atoms with Crippen LogP contribution < -0.4 is 10.5 Å². The molecule has 0 atom stereocenters. The molecule has 0 N–H and O–H groups in total. The van der Waals surface area contributed by atoms with Crippen molar-refractivity contribution >= 4 is 16.9 Å². The first-order valence-electron chi connectivity index (χ1n) is 12.5. The van der Waals surface area contributed by atoms with E-state index in [1.54, 1.807) is 20.0 Å². The largest absolute Gasteiger partial charge is 0.418 e. The molecule has 0 bridgehead atoms. The van der Waals surface area contributed by atoms with Crippen molar-refractivity contribution in [3.8, 4) is 0 Å². The Hall–Kier alpha value is -4.02. The van der Waals surface area contributed by atoms with Gasteiger partial charge in [0.25, 0.3) is 5.56 Å². The average Bonchev–Trinajstić information content (AvgIpc) is 2.91. The highest BCUT2D eigenvalue weighted by molar-refractivity contribution is 5.80. The molecule has 3 aromatic rings. The highest BCUT2D eigenvalue weighted by Gasteiger charge is 2.34. The molecule has 1 aliphatic heterocycles. The van der Waals surface area contributed by atoms with Crippen LogP contribution in [0.3, 0.4) is 0 Å². The van der Waals surface area contributed by atoms with Gasteiger partial charge in [0.15, 0.2) is 5.65 Å². The fourth-order valence-corrected chi connectivity index (χ4v) is 4.88. The minimum atomic E-state index is -4.63. The van der Waals surface area contributed by atoms with Gasteiger partial charge in [-0.05, 0) is 51.5 Å². The Bertz CT molecular complexity index is 1530. The van der Waals surface area contributed by atoms with E-state index in [4.69, 9.17) is 0 Å². The second-order valence-electron chi connectivity index (χ2n) is 9.39. The van der Waals surface area contributed by atoms with Gasteiger partial charge in [0.1, 0.15) is 17.0 Å². The van der Waals surface area contributed by atoms with E-state index in [0.29, 0.717) is 54.3 Å². The Kier molecular flexibility index (Phi) is 7.89. The van der Waals surface area contributed by atoms with E-state index in [1.165, 1.54) is 22.9 Å². The molecular weight excluding hydrogens is 512 g/mol. The lowest BCUT2D eigenvalue weighted by Crippen LogP contribution is -2.48. The summed E-state index contributed by atoms with van der Waals surface area (Å²) < 4.78 is 57.0. The Morgan fingerprint density at radius 2 is 1.85 bits per heavy atom. The molecule has 0 radical (unpaired) electrons. The lowest BCUT2D eigenvalue weighted by atomic mass is 10.1. The molecule has 0 aromatic carbocycles. The predicted molar refractivity (Wildman–Crippen MR) is 143 cm³/mol. The highest BCUT2D eigenvalue weighted by Crippen LogP contribution is 2.32. The van der Waals surface area contributed by atoms with E-state index in [9.17, 15) is 22.4 Å². The molecule has 0 saturated carbocycles. The summed E-state index contributed by atoms with van der Waals surface area (Å²) in [5.74, 6) is -0.426. The molecule has 3 aromatic heterocycles. The fourth-order valence-electron chi connectivity index (χ4n) is 4.88. The predicted octanol–water partition coefficient (Wildman–Crippen LogP) is 5.33. The minimum Gasteiger partial charge on any atom is -0.365 e. The zero-order chi connectivity index (χ0) is 28.5. The summed E-state index contributed by atoms with van der Waals surface area (Å²) in [5, 5.41) is 0. The third-order valence-corrected chi connectivity index (χ3v) is 6.92. The molecule has 7 nitrogen and oxygen atoms in total. The van der Waals surface area contributed by atoms with Gasteiger partial charge in [0.2, 0.25) is 0 Å². The van der Waals surface area contributed by atoms with Crippen LogP contribution in [-0.4, -0.2) is 50.6 Å². The third-order valence-electron chi connectivity index (χ3n) is 6.92. The van der Waals surface area contributed by atoms with Crippen molar-refractivity contribution in [1.29, 1.82) is 0 Å². The van der Waals surface area contributed by atoms with E-state index < -0.39 is 29.7 Å². The van der Waals surface area contributed by atoms with Crippen LogP contribution in [0.15, 0.2) is 65.1 Å². The zero-order valence-corrected chi connectivity index (χ0v) is 22.3. The van der Waals surface area contributed by atoms with Crippen molar-refractivity contribution in [2.45, 2.75) is 40.4 Å². The maximum atomic E-state index is 14.7. The minimum absolute atomic E-state index is 0.195. The summed E-state index contributed by atoms with van der Waals surface area (Å²) in [5.41, 5.74) is 1.61. The number of alkyl halides is 3. The van der Waals surface area contributed by atoms with E-state index >= 15 is 0 Å². The smallest absolute Gasteiger partial charge is 0.365 e. The second-order valence-corrected chi connectivity index (χ2v) is 9.39. The first-order valence-corrected chi connectivity index (χ1v) is 12.5. The van der Waals surface area contributed by atoms with Gasteiger partial charge in [-0.25, -0.2) is 9.37 Å². The van der Waals surface area contributed by atoms with Crippen LogP contribution in [0.5, 0.6) is 0 Å². The topological polar surface area (TPSA) is 67.2 Å². The molecule has 39 heavy (non-hydrogen) atoms. The Labute approximate surface area is 223 Å². The van der Waals surface area contributed by atoms with Gasteiger partial charge >= 0.3 is 6.18 Å². The quantitative estimate of drug-likeness (QED) is 0.310. The normalized spacial score (nSPS) is 15.5. The van der Waals surface area contributed by atoms with Crippen molar-refractivity contribution < 1.29 is 17.6 Å². The number of hydrogen-bond donors (Lipinski definition) is 0. The number of hydrogen-bond acceptors (Lipinski definition) is 6. The fraction of sp³-hybridized carbons (Fsp3) is 0.357. The molecule has 0 aliphatic carbocycles. The Morgan fingerprint density at radius 1 is 1.15 bits per heavy atom. The first kappa shape index (κ1) is 28.0. The Morgan fingerprint density at radius 3 is 2.46 bits per heavy atom. The van der Waals surface area contributed by atoms with Crippen molar-refractivity contribution in [2.24, 2.45) is 0 Å². The summed E-state index contributed by atoms with van der Waals surface area (Å²) >= 11 is 0. The molecule has 0 unspecified atom stereocenters. The molecule has 4 heterocycles. The second kappa shape index (κ2) is 11.0. The molecule has 1 fully saturated rings. The van der Waals surface area contributed by atoms with Crippen LogP contribution in [0.4, 0.5) is 23.2 Å². The molecule has 1 aliphatic rings. The number of aromatic nitrogens is 4. The molecule has 11 heteroatoms. The van der Waals surface area contributed by atoms with E-state index in [1.807, 2.05) is 29.7 Å². The number of halogens is 4. The number of pyridine rings is 2. The molecule has 0 amide bonds. The van der Waals surface area contributed by atoms with Gasteiger partial charge in [-0.1, -0.05) is 12.7 Å². The van der Waals surface area contributed by atoms with Crippen LogP contribution in [0, 0.1) is 13.8 Å². The van der Waals surface area contributed by atoms with Crippen LogP contribution >= 0.6 is 0 Å². The number of rotatable bonds is 6. The highest BCUT2D eigenvalue weighted by atomic mass is 19.4. The Balaban J connectivity index is 1.80. The molecular formula is C28H30F4N6O. The maximum Gasteiger partial charge on any atom is 0.418 e. The maximum absolute atomic E-state index is 14.7. The van der Waals surface area contributed by atoms with E-state index in [0.717, 1.165) is 11.6 Å². The van der Waals surface area contributed by atoms with Crippen LogP contribution in [-0.2, 0) is 12.7 Å². The van der Waals surface area contributed by atoms with Gasteiger partial charge in [-0.15, -0.1) is 0 Å². The summed E-state index contributed by atoms with van der Waals surface area (Å²) in [6, 6.07) is 2.16. The van der Waals surface area contributed by atoms with Crippen LogP contribution in [0.1, 0.15) is 36.4 Å². The molecule has 206 valence electrons. The SMILES string of the molecule is C=C/C(F)=C(\C(C)=C/C)N1CCN(c2c(C)c3ncc(C)nc3n(Cc3ncccc3C(F)(F)F)c2=O)CC1. The van der Waals surface area contributed by atoms with E-state index in [-0.39, 0.29) is 11.3 Å². The summed E-state index contributed by atoms with van der Waals surface area (Å²) in [7, 11) is 0. The number of anilines is 1. The lowest BCUT2D eigenvalue weighted by Gasteiger charge is -2.39. The van der Waals surface area contributed by atoms with Gasteiger partial charge in [0.05, 0.1) is 29.2 Å². The third kappa shape index (κ3) is 5.43. The van der Waals surface area contributed by atoms with Crippen molar-refractivity contribution in [3.05, 3.63) is 93.2 Å². The van der Waals surface area contributed by atoms with Crippen molar-refractivity contribution in [1.82, 2.24) is 24.4 Å². The van der Waals surface area contributed by atoms with Gasteiger partial charge in [0, 0.05) is 44.1 Å². The summed E-state index contributed by atoms with van der Waals surface area (Å²) in [6.45, 7) is 11.9. The first-order chi connectivity index (χ1) is 18.5. The molecule has 4 rings (SSSR count). The van der Waals surface area contributed by atoms with Gasteiger partial charge in [-0.2, -0.15) is 13.2 Å². The average molecular weight is 543 g/mol. The monoisotopic (exact) mass is 542 g/mol. The number of nitrogens with zero attached hydrogens (tertiary/aromatic N) is 6. The van der Waals surface area contributed by atoms with E-state index in [2.05, 4.69) is 21.5 Å². The van der Waals surface area contributed by atoms with Crippen LogP contribution in [0.2, 0.25) is 0 Å². The number of piperazine rings is 1. The summed E-state index contributed by atoms with van der Waals surface area (Å²) in [6.07, 6.45) is 1.19. The molecule has 1 saturated heterocycles. The lowest BCUT2D eigenvalue weighted by molar-refractivity contribution is -0.138. The molecule has 0 spiro atoms. The van der Waals surface area contributed by atoms with Gasteiger partial charge < -0.3 is 9.80 Å².